The number of allylic oxidation sites excluding steroid dienone is 1. The quantitative estimate of drug-likeness (QED) is 0.728. The van der Waals surface area contributed by atoms with Gasteiger partial charge in [0, 0.05) is 13.1 Å². The van der Waals surface area contributed by atoms with Gasteiger partial charge in [-0.3, -0.25) is 0 Å². The highest BCUT2D eigenvalue weighted by molar-refractivity contribution is 5.68. The Balaban J connectivity index is 1.89. The van der Waals surface area contributed by atoms with Crippen molar-refractivity contribution in [2.75, 3.05) is 19.7 Å². The Labute approximate surface area is 128 Å². The molecule has 1 amide bonds. The van der Waals surface area contributed by atoms with Gasteiger partial charge in [-0.05, 0) is 51.9 Å². The molecule has 0 N–H and O–H groups in total. The van der Waals surface area contributed by atoms with Crippen LogP contribution in [0.25, 0.3) is 0 Å². The smallest absolute Gasteiger partial charge is 0.410 e. The van der Waals surface area contributed by atoms with Crippen LogP contribution >= 0.6 is 0 Å². The highest BCUT2D eigenvalue weighted by Gasteiger charge is 2.48. The summed E-state index contributed by atoms with van der Waals surface area (Å²) in [4.78, 5) is 13.9. The van der Waals surface area contributed by atoms with E-state index in [1.807, 2.05) is 31.7 Å². The minimum absolute atomic E-state index is 0.0454. The highest BCUT2D eigenvalue weighted by Crippen LogP contribution is 2.46. The lowest BCUT2D eigenvalue weighted by Crippen LogP contribution is -2.48. The van der Waals surface area contributed by atoms with Gasteiger partial charge in [-0.2, -0.15) is 0 Å². The number of rotatable bonds is 2. The maximum absolute atomic E-state index is 12.1. The van der Waals surface area contributed by atoms with Crippen molar-refractivity contribution in [2.45, 2.75) is 64.6 Å². The third-order valence-electron chi connectivity index (χ3n) is 4.44. The van der Waals surface area contributed by atoms with Crippen molar-refractivity contribution in [1.82, 2.24) is 4.90 Å². The fourth-order valence-electron chi connectivity index (χ4n) is 3.43. The van der Waals surface area contributed by atoms with E-state index in [1.165, 1.54) is 0 Å². The van der Waals surface area contributed by atoms with Crippen LogP contribution < -0.4 is 0 Å². The van der Waals surface area contributed by atoms with Gasteiger partial charge < -0.3 is 14.4 Å². The molecule has 0 bridgehead atoms. The maximum atomic E-state index is 12.1. The number of carbonyl (C=O) groups is 1. The van der Waals surface area contributed by atoms with Gasteiger partial charge in [-0.25, -0.2) is 4.79 Å². The monoisotopic (exact) mass is 295 g/mol. The molecular formula is C17H29NO3. The van der Waals surface area contributed by atoms with Crippen molar-refractivity contribution in [3.8, 4) is 0 Å². The third-order valence-corrected chi connectivity index (χ3v) is 4.44. The lowest BCUT2D eigenvalue weighted by molar-refractivity contribution is -0.0491. The number of hydrogen-bond acceptors (Lipinski definition) is 3. The predicted octanol–water partition coefficient (Wildman–Crippen LogP) is 3.76. The fraction of sp³-hybridized carbons (Fsp3) is 0.824. The van der Waals surface area contributed by atoms with Crippen LogP contribution in [-0.4, -0.2) is 41.9 Å². The van der Waals surface area contributed by atoms with E-state index in [-0.39, 0.29) is 17.1 Å². The zero-order chi connectivity index (χ0) is 15.7. The van der Waals surface area contributed by atoms with E-state index < -0.39 is 5.60 Å². The molecule has 1 atom stereocenters. The van der Waals surface area contributed by atoms with E-state index in [0.29, 0.717) is 0 Å². The summed E-state index contributed by atoms with van der Waals surface area (Å²) in [6.07, 6.45) is 5.64. The summed E-state index contributed by atoms with van der Waals surface area (Å²) in [5.74, 6) is 0. The Kier molecular flexibility index (Phi) is 4.39. The van der Waals surface area contributed by atoms with Crippen LogP contribution in [0.2, 0.25) is 0 Å². The molecule has 2 saturated heterocycles. The number of hydrogen-bond donors (Lipinski definition) is 0. The van der Waals surface area contributed by atoms with Gasteiger partial charge in [0.05, 0.1) is 12.2 Å². The summed E-state index contributed by atoms with van der Waals surface area (Å²) in [6, 6.07) is 0. The molecule has 4 heteroatoms. The third kappa shape index (κ3) is 4.00. The van der Waals surface area contributed by atoms with Crippen molar-refractivity contribution >= 4 is 6.09 Å². The molecule has 0 saturated carbocycles. The first-order chi connectivity index (χ1) is 9.67. The lowest BCUT2D eigenvalue weighted by atomic mass is 9.76. The molecule has 0 aliphatic carbocycles. The maximum Gasteiger partial charge on any atom is 0.410 e. The molecule has 2 aliphatic heterocycles. The van der Waals surface area contributed by atoms with Gasteiger partial charge in [0.25, 0.3) is 0 Å². The molecule has 1 unspecified atom stereocenters. The van der Waals surface area contributed by atoms with Crippen LogP contribution in [0.5, 0.6) is 0 Å². The molecule has 2 fully saturated rings. The SMILES string of the molecule is C=CCC1(C)COC2(CCN(C(=O)OC(C)(C)C)CC2)C1. The molecule has 1 spiro atoms. The number of nitrogens with zero attached hydrogens (tertiary/aromatic N) is 1. The average molecular weight is 295 g/mol. The van der Waals surface area contributed by atoms with Crippen LogP contribution in [0.1, 0.15) is 53.4 Å². The summed E-state index contributed by atoms with van der Waals surface area (Å²) in [5.41, 5.74) is -0.273. The van der Waals surface area contributed by atoms with E-state index >= 15 is 0 Å². The van der Waals surface area contributed by atoms with Gasteiger partial charge in [-0.1, -0.05) is 13.0 Å². The van der Waals surface area contributed by atoms with E-state index in [0.717, 1.165) is 45.4 Å². The number of ether oxygens (including phenoxy) is 2. The molecular weight excluding hydrogens is 266 g/mol. The normalized spacial score (nSPS) is 28.7. The van der Waals surface area contributed by atoms with E-state index in [4.69, 9.17) is 9.47 Å². The summed E-state index contributed by atoms with van der Waals surface area (Å²) in [6.45, 7) is 14.1. The van der Waals surface area contributed by atoms with Gasteiger partial charge in [0.2, 0.25) is 0 Å². The Bertz CT molecular complexity index is 405. The first-order valence-corrected chi connectivity index (χ1v) is 7.90. The number of likely N-dealkylation sites (tertiary alicyclic amines) is 1. The first-order valence-electron chi connectivity index (χ1n) is 7.90. The zero-order valence-corrected chi connectivity index (χ0v) is 13.9. The number of amides is 1. The van der Waals surface area contributed by atoms with Crippen LogP contribution in [0.4, 0.5) is 4.79 Å². The standard InChI is InChI=1S/C17H29NO3/c1-6-7-16(5)12-17(20-13-16)8-10-18(11-9-17)14(19)21-15(2,3)4/h6H,1,7-13H2,2-5H3. The largest absolute Gasteiger partial charge is 0.444 e. The minimum Gasteiger partial charge on any atom is -0.444 e. The topological polar surface area (TPSA) is 38.8 Å². The number of carbonyl (C=O) groups excluding carboxylic acids is 1. The Hall–Kier alpha value is -1.03. The van der Waals surface area contributed by atoms with Crippen molar-refractivity contribution in [3.05, 3.63) is 12.7 Å². The van der Waals surface area contributed by atoms with Crippen LogP contribution in [0.3, 0.4) is 0 Å². The summed E-state index contributed by atoms with van der Waals surface area (Å²) in [5, 5.41) is 0. The second kappa shape index (κ2) is 5.64. The summed E-state index contributed by atoms with van der Waals surface area (Å²) in [7, 11) is 0. The summed E-state index contributed by atoms with van der Waals surface area (Å²) >= 11 is 0. The Morgan fingerprint density at radius 3 is 2.52 bits per heavy atom. The van der Waals surface area contributed by atoms with Crippen LogP contribution in [0, 0.1) is 5.41 Å². The van der Waals surface area contributed by atoms with Gasteiger partial charge in [-0.15, -0.1) is 6.58 Å². The second-order valence-corrected chi connectivity index (χ2v) is 7.92. The van der Waals surface area contributed by atoms with E-state index in [9.17, 15) is 4.79 Å². The van der Waals surface area contributed by atoms with Crippen molar-refractivity contribution in [3.63, 3.8) is 0 Å². The van der Waals surface area contributed by atoms with Crippen molar-refractivity contribution < 1.29 is 14.3 Å². The second-order valence-electron chi connectivity index (χ2n) is 7.92. The molecule has 120 valence electrons. The molecule has 0 radical (unpaired) electrons. The highest BCUT2D eigenvalue weighted by atomic mass is 16.6. The van der Waals surface area contributed by atoms with E-state index in [1.54, 1.807) is 0 Å². The van der Waals surface area contributed by atoms with Gasteiger partial charge in [0.15, 0.2) is 0 Å². The first kappa shape index (κ1) is 16.3. The Morgan fingerprint density at radius 2 is 2.00 bits per heavy atom. The molecule has 0 aromatic rings. The minimum atomic E-state index is -0.432. The zero-order valence-electron chi connectivity index (χ0n) is 13.9. The molecule has 21 heavy (non-hydrogen) atoms. The molecule has 0 aromatic carbocycles. The van der Waals surface area contributed by atoms with Crippen LogP contribution in [0.15, 0.2) is 12.7 Å². The molecule has 2 heterocycles. The average Bonchev–Trinajstić information content (AvgIpc) is 2.66. The van der Waals surface area contributed by atoms with E-state index in [2.05, 4.69) is 13.5 Å². The molecule has 4 nitrogen and oxygen atoms in total. The van der Waals surface area contributed by atoms with Gasteiger partial charge >= 0.3 is 6.09 Å². The number of piperidine rings is 1. The van der Waals surface area contributed by atoms with Crippen LogP contribution in [-0.2, 0) is 9.47 Å². The van der Waals surface area contributed by atoms with Crippen molar-refractivity contribution in [2.24, 2.45) is 5.41 Å². The predicted molar refractivity (Wildman–Crippen MR) is 83.3 cm³/mol. The Morgan fingerprint density at radius 1 is 1.38 bits per heavy atom. The summed E-state index contributed by atoms with van der Waals surface area (Å²) < 4.78 is 11.6. The molecule has 2 aliphatic rings. The fourth-order valence-corrected chi connectivity index (χ4v) is 3.43. The van der Waals surface area contributed by atoms with Crippen molar-refractivity contribution in [1.29, 1.82) is 0 Å². The molecule has 0 aromatic heterocycles. The van der Waals surface area contributed by atoms with Gasteiger partial charge in [0.1, 0.15) is 5.60 Å². The molecule has 2 rings (SSSR count). The lowest BCUT2D eigenvalue weighted by Gasteiger charge is -2.39.